The van der Waals surface area contributed by atoms with Gasteiger partial charge in [0.05, 0.1) is 6.42 Å². The number of carbonyl (C=O) groups is 2. The predicted octanol–water partition coefficient (Wildman–Crippen LogP) is 3.04. The number of carbonyl (C=O) groups excluding carboxylic acids is 1. The van der Waals surface area contributed by atoms with Crippen molar-refractivity contribution >= 4 is 12.1 Å². The number of rotatable bonds is 5. The van der Waals surface area contributed by atoms with Crippen LogP contribution in [0.15, 0.2) is 24.3 Å². The van der Waals surface area contributed by atoms with E-state index < -0.39 is 23.5 Å². The van der Waals surface area contributed by atoms with E-state index in [1.165, 1.54) is 23.1 Å². The number of amides is 1. The zero-order valence-electron chi connectivity index (χ0n) is 12.4. The Labute approximate surface area is 123 Å². The second kappa shape index (κ2) is 7.06. The van der Waals surface area contributed by atoms with Gasteiger partial charge in [-0.2, -0.15) is 0 Å². The number of carboxylic acids is 1. The molecule has 1 N–H and O–H groups in total. The first-order valence-electron chi connectivity index (χ1n) is 6.61. The molecular formula is C15H20FNO4. The molecule has 0 saturated carbocycles. The maximum absolute atomic E-state index is 13.2. The Balaban J connectivity index is 2.81. The predicted molar refractivity (Wildman–Crippen MR) is 75.3 cm³/mol. The molecule has 1 amide bonds. The summed E-state index contributed by atoms with van der Waals surface area (Å²) < 4.78 is 18.4. The topological polar surface area (TPSA) is 66.8 Å². The lowest BCUT2D eigenvalue weighted by atomic mass is 10.2. The Morgan fingerprint density at radius 1 is 1.33 bits per heavy atom. The van der Waals surface area contributed by atoms with Crippen molar-refractivity contribution in [2.45, 2.75) is 39.3 Å². The molecule has 0 aliphatic heterocycles. The Morgan fingerprint density at radius 3 is 2.52 bits per heavy atom. The van der Waals surface area contributed by atoms with Gasteiger partial charge < -0.3 is 14.7 Å². The van der Waals surface area contributed by atoms with Crippen molar-refractivity contribution in [3.63, 3.8) is 0 Å². The van der Waals surface area contributed by atoms with E-state index >= 15 is 0 Å². The SMILES string of the molecule is CC(C)(C)OC(=O)N(CCC(=O)O)Cc1cccc(F)c1. The summed E-state index contributed by atoms with van der Waals surface area (Å²) in [5.41, 5.74) is -0.105. The van der Waals surface area contributed by atoms with Gasteiger partial charge in [0, 0.05) is 13.1 Å². The number of nitrogens with zero attached hydrogens (tertiary/aromatic N) is 1. The zero-order valence-corrected chi connectivity index (χ0v) is 12.4. The summed E-state index contributed by atoms with van der Waals surface area (Å²) in [6, 6.07) is 5.81. The van der Waals surface area contributed by atoms with E-state index in [2.05, 4.69) is 0 Å². The number of benzene rings is 1. The summed E-state index contributed by atoms with van der Waals surface area (Å²) in [4.78, 5) is 24.0. The molecule has 116 valence electrons. The molecule has 0 spiro atoms. The van der Waals surface area contributed by atoms with Crippen LogP contribution >= 0.6 is 0 Å². The molecule has 0 aliphatic rings. The molecule has 5 nitrogen and oxygen atoms in total. The quantitative estimate of drug-likeness (QED) is 0.907. The molecule has 1 aromatic carbocycles. The molecule has 0 heterocycles. The fourth-order valence-electron chi connectivity index (χ4n) is 1.65. The van der Waals surface area contributed by atoms with E-state index in [-0.39, 0.29) is 19.5 Å². The largest absolute Gasteiger partial charge is 0.481 e. The van der Waals surface area contributed by atoms with Gasteiger partial charge in [-0.3, -0.25) is 4.79 Å². The van der Waals surface area contributed by atoms with E-state index in [1.54, 1.807) is 26.8 Å². The van der Waals surface area contributed by atoms with Crippen molar-refractivity contribution in [3.8, 4) is 0 Å². The molecule has 1 rings (SSSR count). The Kier molecular flexibility index (Phi) is 5.69. The summed E-state index contributed by atoms with van der Waals surface area (Å²) in [7, 11) is 0. The molecule has 6 heteroatoms. The van der Waals surface area contributed by atoms with Gasteiger partial charge in [0.25, 0.3) is 0 Å². The summed E-state index contributed by atoms with van der Waals surface area (Å²) in [6.07, 6.45) is -0.817. The highest BCUT2D eigenvalue weighted by Crippen LogP contribution is 2.14. The van der Waals surface area contributed by atoms with E-state index in [1.807, 2.05) is 0 Å². The van der Waals surface area contributed by atoms with Crippen molar-refractivity contribution in [1.82, 2.24) is 4.90 Å². The first-order valence-corrected chi connectivity index (χ1v) is 6.61. The highest BCUT2D eigenvalue weighted by atomic mass is 19.1. The molecule has 21 heavy (non-hydrogen) atoms. The van der Waals surface area contributed by atoms with Crippen molar-refractivity contribution in [1.29, 1.82) is 0 Å². The van der Waals surface area contributed by atoms with Crippen molar-refractivity contribution in [3.05, 3.63) is 35.6 Å². The fraction of sp³-hybridized carbons (Fsp3) is 0.467. The minimum absolute atomic E-state index is 0.000754. The molecule has 0 unspecified atom stereocenters. The van der Waals surface area contributed by atoms with Crippen LogP contribution in [0.3, 0.4) is 0 Å². The van der Waals surface area contributed by atoms with Crippen LogP contribution < -0.4 is 0 Å². The Morgan fingerprint density at radius 2 is 2.00 bits per heavy atom. The summed E-state index contributed by atoms with van der Waals surface area (Å²) in [5, 5.41) is 8.75. The van der Waals surface area contributed by atoms with Crippen LogP contribution in [0.4, 0.5) is 9.18 Å². The maximum Gasteiger partial charge on any atom is 0.410 e. The minimum Gasteiger partial charge on any atom is -0.481 e. The van der Waals surface area contributed by atoms with Crippen LogP contribution in [-0.4, -0.2) is 34.2 Å². The zero-order chi connectivity index (χ0) is 16.0. The van der Waals surface area contributed by atoms with E-state index in [9.17, 15) is 14.0 Å². The second-order valence-corrected chi connectivity index (χ2v) is 5.68. The van der Waals surface area contributed by atoms with Crippen LogP contribution in [0.2, 0.25) is 0 Å². The van der Waals surface area contributed by atoms with Gasteiger partial charge in [-0.15, -0.1) is 0 Å². The number of hydrogen-bond donors (Lipinski definition) is 1. The van der Waals surface area contributed by atoms with Gasteiger partial charge in [-0.1, -0.05) is 12.1 Å². The van der Waals surface area contributed by atoms with Gasteiger partial charge in [0.15, 0.2) is 0 Å². The third kappa shape index (κ3) is 6.74. The van der Waals surface area contributed by atoms with Crippen LogP contribution in [0.1, 0.15) is 32.8 Å². The lowest BCUT2D eigenvalue weighted by Crippen LogP contribution is -2.37. The number of halogens is 1. The van der Waals surface area contributed by atoms with Gasteiger partial charge in [-0.05, 0) is 38.5 Å². The third-order valence-corrected chi connectivity index (χ3v) is 2.51. The summed E-state index contributed by atoms with van der Waals surface area (Å²) >= 11 is 0. The van der Waals surface area contributed by atoms with E-state index in [0.29, 0.717) is 5.56 Å². The molecule has 0 radical (unpaired) electrons. The lowest BCUT2D eigenvalue weighted by Gasteiger charge is -2.27. The average Bonchev–Trinajstić information content (AvgIpc) is 2.32. The van der Waals surface area contributed by atoms with Crippen molar-refractivity contribution < 1.29 is 23.8 Å². The summed E-state index contributed by atoms with van der Waals surface area (Å²) in [5.74, 6) is -1.42. The molecular weight excluding hydrogens is 277 g/mol. The monoisotopic (exact) mass is 297 g/mol. The second-order valence-electron chi connectivity index (χ2n) is 5.68. The smallest absolute Gasteiger partial charge is 0.410 e. The lowest BCUT2D eigenvalue weighted by molar-refractivity contribution is -0.137. The highest BCUT2D eigenvalue weighted by molar-refractivity contribution is 5.71. The molecule has 0 fully saturated rings. The van der Waals surface area contributed by atoms with Crippen molar-refractivity contribution in [2.24, 2.45) is 0 Å². The van der Waals surface area contributed by atoms with Crippen LogP contribution in [0.5, 0.6) is 0 Å². The van der Waals surface area contributed by atoms with E-state index in [0.717, 1.165) is 0 Å². The standard InChI is InChI=1S/C15H20FNO4/c1-15(2,3)21-14(20)17(8-7-13(18)19)10-11-5-4-6-12(16)9-11/h4-6,9H,7-8,10H2,1-3H3,(H,18,19). The molecule has 0 bridgehead atoms. The summed E-state index contributed by atoms with van der Waals surface area (Å²) in [6.45, 7) is 5.27. The van der Waals surface area contributed by atoms with Gasteiger partial charge >= 0.3 is 12.1 Å². The maximum atomic E-state index is 13.2. The first-order chi connectivity index (χ1) is 9.67. The Hall–Kier alpha value is -2.11. The van der Waals surface area contributed by atoms with Crippen molar-refractivity contribution in [2.75, 3.05) is 6.54 Å². The Bertz CT molecular complexity index is 511. The number of aliphatic carboxylic acids is 1. The van der Waals surface area contributed by atoms with Crippen LogP contribution in [-0.2, 0) is 16.1 Å². The molecule has 0 aliphatic carbocycles. The normalized spacial score (nSPS) is 11.0. The molecule has 0 atom stereocenters. The van der Waals surface area contributed by atoms with Gasteiger partial charge in [0.1, 0.15) is 11.4 Å². The van der Waals surface area contributed by atoms with Gasteiger partial charge in [0.2, 0.25) is 0 Å². The van der Waals surface area contributed by atoms with Gasteiger partial charge in [-0.25, -0.2) is 9.18 Å². The van der Waals surface area contributed by atoms with E-state index in [4.69, 9.17) is 9.84 Å². The average molecular weight is 297 g/mol. The molecule has 0 aromatic heterocycles. The molecule has 0 saturated heterocycles. The number of hydrogen-bond acceptors (Lipinski definition) is 3. The van der Waals surface area contributed by atoms with Crippen LogP contribution in [0, 0.1) is 5.82 Å². The van der Waals surface area contributed by atoms with Crippen LogP contribution in [0.25, 0.3) is 0 Å². The minimum atomic E-state index is -1.01. The first kappa shape index (κ1) is 16.9. The molecule has 1 aromatic rings. The third-order valence-electron chi connectivity index (χ3n) is 2.51. The number of carboxylic acid groups (broad SMARTS) is 1. The fourth-order valence-corrected chi connectivity index (χ4v) is 1.65. The highest BCUT2D eigenvalue weighted by Gasteiger charge is 2.22. The number of ether oxygens (including phenoxy) is 1.